The quantitative estimate of drug-likeness (QED) is 0.720. The number of nitrogens with one attached hydrogen (secondary N) is 1. The van der Waals surface area contributed by atoms with E-state index < -0.39 is 0 Å². The molecule has 0 saturated carbocycles. The van der Waals surface area contributed by atoms with Crippen LogP contribution in [-0.4, -0.2) is 17.7 Å². The molecular formula is C18H18N2O4. The van der Waals surface area contributed by atoms with Gasteiger partial charge in [0.25, 0.3) is 0 Å². The first-order valence-corrected chi connectivity index (χ1v) is 7.64. The largest absolute Gasteiger partial charge is 0.461 e. The van der Waals surface area contributed by atoms with Crippen LogP contribution in [0.4, 0.5) is 0 Å². The molecule has 6 nitrogen and oxygen atoms in total. The van der Waals surface area contributed by atoms with Crippen LogP contribution in [-0.2, 0) is 16.1 Å². The lowest BCUT2D eigenvalue weighted by molar-refractivity contribution is -0.126. The highest BCUT2D eigenvalue weighted by Gasteiger charge is 2.11. The van der Waals surface area contributed by atoms with Crippen LogP contribution in [0.2, 0.25) is 0 Å². The van der Waals surface area contributed by atoms with Crippen molar-refractivity contribution >= 4 is 5.91 Å². The Balaban J connectivity index is 1.44. The molecule has 0 aliphatic carbocycles. The smallest absolute Gasteiger partial charge is 0.246 e. The van der Waals surface area contributed by atoms with Crippen LogP contribution in [0.3, 0.4) is 0 Å². The molecule has 0 radical (unpaired) electrons. The molecule has 1 atom stereocenters. The summed E-state index contributed by atoms with van der Waals surface area (Å²) in [4.78, 5) is 11.9. The Morgan fingerprint density at radius 2 is 2.04 bits per heavy atom. The Labute approximate surface area is 139 Å². The third-order valence-corrected chi connectivity index (χ3v) is 3.48. The highest BCUT2D eigenvalue weighted by Crippen LogP contribution is 2.20. The normalized spacial score (nSPS) is 12.0. The molecule has 0 spiro atoms. The van der Waals surface area contributed by atoms with E-state index in [4.69, 9.17) is 13.7 Å². The SMILES string of the molecule is CC(NC(=O)COCc1cc(-c2ccco2)on1)c1ccccc1. The lowest BCUT2D eigenvalue weighted by atomic mass is 10.1. The van der Waals surface area contributed by atoms with Gasteiger partial charge in [-0.25, -0.2) is 0 Å². The van der Waals surface area contributed by atoms with E-state index in [0.717, 1.165) is 5.56 Å². The molecule has 6 heteroatoms. The molecule has 24 heavy (non-hydrogen) atoms. The molecule has 0 bridgehead atoms. The average Bonchev–Trinajstić information content (AvgIpc) is 3.27. The summed E-state index contributed by atoms with van der Waals surface area (Å²) in [6.07, 6.45) is 1.56. The van der Waals surface area contributed by atoms with Crippen molar-refractivity contribution in [2.24, 2.45) is 0 Å². The number of nitrogens with zero attached hydrogens (tertiary/aromatic N) is 1. The number of rotatable bonds is 7. The molecule has 0 saturated heterocycles. The number of ether oxygens (including phenoxy) is 1. The number of amides is 1. The van der Waals surface area contributed by atoms with Crippen LogP contribution < -0.4 is 5.32 Å². The number of furan rings is 1. The molecule has 1 amide bonds. The Kier molecular flexibility index (Phi) is 5.08. The van der Waals surface area contributed by atoms with Crippen LogP contribution in [0.1, 0.15) is 24.2 Å². The van der Waals surface area contributed by atoms with Gasteiger partial charge in [0.05, 0.1) is 18.9 Å². The van der Waals surface area contributed by atoms with Gasteiger partial charge in [0.2, 0.25) is 11.7 Å². The molecule has 0 aliphatic heterocycles. The first kappa shape index (κ1) is 16.0. The van der Waals surface area contributed by atoms with Gasteiger partial charge < -0.3 is 19.0 Å². The van der Waals surface area contributed by atoms with Crippen molar-refractivity contribution in [3.05, 3.63) is 66.1 Å². The molecule has 1 aromatic carbocycles. The number of carbonyl (C=O) groups is 1. The third kappa shape index (κ3) is 4.11. The van der Waals surface area contributed by atoms with Crippen molar-refractivity contribution in [2.45, 2.75) is 19.6 Å². The van der Waals surface area contributed by atoms with E-state index >= 15 is 0 Å². The minimum absolute atomic E-state index is 0.0415. The lowest BCUT2D eigenvalue weighted by Crippen LogP contribution is -2.30. The van der Waals surface area contributed by atoms with E-state index in [-0.39, 0.29) is 25.2 Å². The number of hydrogen-bond donors (Lipinski definition) is 1. The first-order valence-electron chi connectivity index (χ1n) is 7.64. The van der Waals surface area contributed by atoms with E-state index in [2.05, 4.69) is 10.5 Å². The molecular weight excluding hydrogens is 308 g/mol. The summed E-state index contributed by atoms with van der Waals surface area (Å²) in [5.41, 5.74) is 1.65. The first-order chi connectivity index (χ1) is 11.7. The molecule has 124 valence electrons. The Bertz CT molecular complexity index is 765. The Hall–Kier alpha value is -2.86. The van der Waals surface area contributed by atoms with E-state index in [0.29, 0.717) is 17.2 Å². The second kappa shape index (κ2) is 7.61. The van der Waals surface area contributed by atoms with Crippen molar-refractivity contribution < 1.29 is 18.5 Å². The summed E-state index contributed by atoms with van der Waals surface area (Å²) in [5.74, 6) is 0.949. The standard InChI is InChI=1S/C18H18N2O4/c1-13(14-6-3-2-4-7-14)19-18(21)12-22-11-15-10-17(24-20-15)16-8-5-9-23-16/h2-10,13H,11-12H2,1H3,(H,19,21). The van der Waals surface area contributed by atoms with E-state index in [1.807, 2.05) is 37.3 Å². The number of hydrogen-bond acceptors (Lipinski definition) is 5. The van der Waals surface area contributed by atoms with E-state index in [1.165, 1.54) is 0 Å². The number of aromatic nitrogens is 1. The molecule has 2 heterocycles. The third-order valence-electron chi connectivity index (χ3n) is 3.48. The second-order valence-electron chi connectivity index (χ2n) is 5.35. The minimum Gasteiger partial charge on any atom is -0.461 e. The van der Waals surface area contributed by atoms with Crippen LogP contribution in [0, 0.1) is 0 Å². The molecule has 0 aliphatic rings. The Morgan fingerprint density at radius 3 is 2.79 bits per heavy atom. The topological polar surface area (TPSA) is 77.5 Å². The fraction of sp³-hybridized carbons (Fsp3) is 0.222. The highest BCUT2D eigenvalue weighted by molar-refractivity contribution is 5.77. The monoisotopic (exact) mass is 326 g/mol. The van der Waals surface area contributed by atoms with E-state index in [1.54, 1.807) is 24.5 Å². The maximum atomic E-state index is 11.9. The summed E-state index contributed by atoms with van der Waals surface area (Å²) in [7, 11) is 0. The molecule has 2 aromatic heterocycles. The maximum Gasteiger partial charge on any atom is 0.246 e. The summed E-state index contributed by atoms with van der Waals surface area (Å²) >= 11 is 0. The predicted octanol–water partition coefficient (Wildman–Crippen LogP) is 3.33. The zero-order chi connectivity index (χ0) is 16.8. The van der Waals surface area contributed by atoms with Gasteiger partial charge in [-0.1, -0.05) is 35.5 Å². The summed E-state index contributed by atoms with van der Waals surface area (Å²) in [6, 6.07) is 15.0. The zero-order valence-corrected chi connectivity index (χ0v) is 13.3. The van der Waals surface area contributed by atoms with Gasteiger partial charge in [0.15, 0.2) is 5.76 Å². The van der Waals surface area contributed by atoms with Crippen molar-refractivity contribution in [3.63, 3.8) is 0 Å². The van der Waals surface area contributed by atoms with Gasteiger partial charge in [0.1, 0.15) is 12.3 Å². The van der Waals surface area contributed by atoms with Crippen LogP contribution in [0.5, 0.6) is 0 Å². The molecule has 1 N–H and O–H groups in total. The number of benzene rings is 1. The highest BCUT2D eigenvalue weighted by atomic mass is 16.5. The van der Waals surface area contributed by atoms with Gasteiger partial charge in [-0.15, -0.1) is 0 Å². The van der Waals surface area contributed by atoms with Crippen molar-refractivity contribution in [1.82, 2.24) is 10.5 Å². The lowest BCUT2D eigenvalue weighted by Gasteiger charge is -2.14. The average molecular weight is 326 g/mol. The summed E-state index contributed by atoms with van der Waals surface area (Å²) in [6.45, 7) is 2.08. The van der Waals surface area contributed by atoms with Gasteiger partial charge in [-0.05, 0) is 24.6 Å². The van der Waals surface area contributed by atoms with Gasteiger partial charge in [-0.3, -0.25) is 4.79 Å². The van der Waals surface area contributed by atoms with Crippen LogP contribution >= 0.6 is 0 Å². The molecule has 1 unspecified atom stereocenters. The van der Waals surface area contributed by atoms with Crippen LogP contribution in [0.15, 0.2) is 63.7 Å². The molecule has 0 fully saturated rings. The van der Waals surface area contributed by atoms with Crippen LogP contribution in [0.25, 0.3) is 11.5 Å². The minimum atomic E-state index is -0.180. The number of carbonyl (C=O) groups excluding carboxylic acids is 1. The van der Waals surface area contributed by atoms with Gasteiger partial charge in [0, 0.05) is 6.07 Å². The van der Waals surface area contributed by atoms with Gasteiger partial charge >= 0.3 is 0 Å². The Morgan fingerprint density at radius 1 is 1.21 bits per heavy atom. The summed E-state index contributed by atoms with van der Waals surface area (Å²) < 4.78 is 15.8. The fourth-order valence-corrected chi connectivity index (χ4v) is 2.27. The van der Waals surface area contributed by atoms with Gasteiger partial charge in [-0.2, -0.15) is 0 Å². The maximum absolute atomic E-state index is 11.9. The molecule has 3 aromatic rings. The zero-order valence-electron chi connectivity index (χ0n) is 13.3. The molecule has 3 rings (SSSR count). The van der Waals surface area contributed by atoms with Crippen molar-refractivity contribution in [1.29, 1.82) is 0 Å². The second-order valence-corrected chi connectivity index (χ2v) is 5.35. The summed E-state index contributed by atoms with van der Waals surface area (Å²) in [5, 5.41) is 6.77. The van der Waals surface area contributed by atoms with Crippen molar-refractivity contribution in [3.8, 4) is 11.5 Å². The van der Waals surface area contributed by atoms with E-state index in [9.17, 15) is 4.79 Å². The van der Waals surface area contributed by atoms with Crippen molar-refractivity contribution in [2.75, 3.05) is 6.61 Å². The predicted molar refractivity (Wildman–Crippen MR) is 86.9 cm³/mol. The fourth-order valence-electron chi connectivity index (χ4n) is 2.27.